The van der Waals surface area contributed by atoms with Crippen molar-refractivity contribution in [3.8, 4) is 0 Å². The van der Waals surface area contributed by atoms with Crippen LogP contribution in [0, 0.1) is 24.0 Å². The smallest absolute Gasteiger partial charge is 0.274 e. The fourth-order valence-electron chi connectivity index (χ4n) is 1.95. The maximum absolute atomic E-state index is 10.9. The number of benzene rings is 2. The number of anilines is 2. The summed E-state index contributed by atoms with van der Waals surface area (Å²) in [5.74, 6) is 0. The Kier molecular flexibility index (Phi) is 4.49. The maximum atomic E-state index is 10.9. The molecule has 0 aliphatic rings. The average Bonchev–Trinajstić information content (AvgIpc) is 2.43. The summed E-state index contributed by atoms with van der Waals surface area (Å²) < 4.78 is 0. The lowest BCUT2D eigenvalue weighted by Crippen LogP contribution is -2.20. The van der Waals surface area contributed by atoms with Crippen molar-refractivity contribution in [3.63, 3.8) is 0 Å². The van der Waals surface area contributed by atoms with E-state index in [-0.39, 0.29) is 5.69 Å². The van der Waals surface area contributed by atoms with E-state index < -0.39 is 4.92 Å². The van der Waals surface area contributed by atoms with Crippen LogP contribution in [0.4, 0.5) is 17.1 Å². The molecule has 0 unspecified atom stereocenters. The summed E-state index contributed by atoms with van der Waals surface area (Å²) in [4.78, 5) is 10.5. The van der Waals surface area contributed by atoms with Gasteiger partial charge >= 0.3 is 0 Å². The van der Waals surface area contributed by atoms with Gasteiger partial charge in [-0.05, 0) is 43.8 Å². The van der Waals surface area contributed by atoms with Crippen molar-refractivity contribution in [3.05, 3.63) is 63.7 Å². The van der Waals surface area contributed by atoms with E-state index in [4.69, 9.17) is 12.2 Å². The molecule has 2 rings (SSSR count). The van der Waals surface area contributed by atoms with Gasteiger partial charge in [0.1, 0.15) is 0 Å². The fraction of sp³-hybridized carbons (Fsp3) is 0.133. The molecule has 0 aromatic heterocycles. The molecule has 2 aromatic carbocycles. The predicted molar refractivity (Wildman–Crippen MR) is 88.9 cm³/mol. The lowest BCUT2D eigenvalue weighted by molar-refractivity contribution is -0.385. The Labute approximate surface area is 128 Å². The van der Waals surface area contributed by atoms with E-state index in [0.29, 0.717) is 16.4 Å². The van der Waals surface area contributed by atoms with Crippen LogP contribution in [0.1, 0.15) is 11.1 Å². The Bertz CT molecular complexity index is 701. The molecule has 0 fully saturated rings. The van der Waals surface area contributed by atoms with Gasteiger partial charge in [-0.3, -0.25) is 10.1 Å². The minimum Gasteiger partial charge on any atom is -0.332 e. The quantitative estimate of drug-likeness (QED) is 0.509. The summed E-state index contributed by atoms with van der Waals surface area (Å²) >= 11 is 5.25. The number of aryl methyl sites for hydroxylation is 1. The zero-order valence-electron chi connectivity index (χ0n) is 11.7. The van der Waals surface area contributed by atoms with Crippen molar-refractivity contribution in [1.82, 2.24) is 0 Å². The third kappa shape index (κ3) is 3.55. The Morgan fingerprint density at radius 2 is 1.67 bits per heavy atom. The van der Waals surface area contributed by atoms with Crippen LogP contribution in [0.3, 0.4) is 0 Å². The molecule has 0 heterocycles. The second-order valence-corrected chi connectivity index (χ2v) is 5.01. The Hall–Kier alpha value is -2.47. The highest BCUT2D eigenvalue weighted by Crippen LogP contribution is 2.25. The largest absolute Gasteiger partial charge is 0.332 e. The topological polar surface area (TPSA) is 67.2 Å². The number of hydrogen-bond donors (Lipinski definition) is 2. The molecule has 2 N–H and O–H groups in total. The third-order valence-electron chi connectivity index (χ3n) is 3.14. The summed E-state index contributed by atoms with van der Waals surface area (Å²) in [5.41, 5.74) is 3.21. The average molecular weight is 301 g/mol. The van der Waals surface area contributed by atoms with Crippen LogP contribution in [0.2, 0.25) is 0 Å². The van der Waals surface area contributed by atoms with Gasteiger partial charge in [0.2, 0.25) is 0 Å². The first-order chi connectivity index (χ1) is 9.99. The van der Waals surface area contributed by atoms with Gasteiger partial charge in [0.25, 0.3) is 5.69 Å². The fourth-order valence-corrected chi connectivity index (χ4v) is 2.17. The summed E-state index contributed by atoms with van der Waals surface area (Å²) in [6.07, 6.45) is 0. The van der Waals surface area contributed by atoms with Gasteiger partial charge in [-0.15, -0.1) is 0 Å². The highest BCUT2D eigenvalue weighted by molar-refractivity contribution is 7.80. The summed E-state index contributed by atoms with van der Waals surface area (Å²) in [6.45, 7) is 3.67. The van der Waals surface area contributed by atoms with Crippen molar-refractivity contribution in [1.29, 1.82) is 0 Å². The number of nitro benzene ring substituents is 1. The van der Waals surface area contributed by atoms with Crippen LogP contribution in [-0.4, -0.2) is 10.0 Å². The number of thiocarbonyl (C=S) groups is 1. The first-order valence-electron chi connectivity index (χ1n) is 6.36. The van der Waals surface area contributed by atoms with Crippen LogP contribution < -0.4 is 10.6 Å². The molecule has 2 aromatic rings. The standard InChI is InChI=1S/C15H15N3O2S/c1-10-6-3-4-7-12(10)16-15(21)17-13-8-5-9-14(11(13)2)18(19)20/h3-9H,1-2H3,(H2,16,17,21). The Balaban J connectivity index is 2.15. The lowest BCUT2D eigenvalue weighted by atomic mass is 10.1. The second kappa shape index (κ2) is 6.32. The number of para-hydroxylation sites is 1. The molecule has 0 spiro atoms. The molecular weight excluding hydrogens is 286 g/mol. The number of rotatable bonds is 3. The molecule has 108 valence electrons. The number of nitro groups is 1. The van der Waals surface area contributed by atoms with E-state index in [1.54, 1.807) is 19.1 Å². The lowest BCUT2D eigenvalue weighted by Gasteiger charge is -2.13. The molecule has 0 aliphatic heterocycles. The number of hydrogen-bond acceptors (Lipinski definition) is 3. The van der Waals surface area contributed by atoms with Crippen LogP contribution in [-0.2, 0) is 0 Å². The van der Waals surface area contributed by atoms with Crippen molar-refractivity contribution in [2.45, 2.75) is 13.8 Å². The first-order valence-corrected chi connectivity index (χ1v) is 6.77. The molecule has 21 heavy (non-hydrogen) atoms. The second-order valence-electron chi connectivity index (χ2n) is 4.60. The molecular formula is C15H15N3O2S. The van der Waals surface area contributed by atoms with E-state index in [2.05, 4.69) is 10.6 Å². The summed E-state index contributed by atoms with van der Waals surface area (Å²) in [5, 5.41) is 17.4. The van der Waals surface area contributed by atoms with E-state index in [1.165, 1.54) is 6.07 Å². The van der Waals surface area contributed by atoms with Crippen molar-refractivity contribution < 1.29 is 4.92 Å². The maximum Gasteiger partial charge on any atom is 0.274 e. The molecule has 0 radical (unpaired) electrons. The van der Waals surface area contributed by atoms with Crippen LogP contribution >= 0.6 is 12.2 Å². The summed E-state index contributed by atoms with van der Waals surface area (Å²) in [6, 6.07) is 12.6. The predicted octanol–water partition coefficient (Wildman–Crippen LogP) is 4.02. The van der Waals surface area contributed by atoms with Gasteiger partial charge in [-0.1, -0.05) is 24.3 Å². The Morgan fingerprint density at radius 3 is 2.33 bits per heavy atom. The molecule has 5 nitrogen and oxygen atoms in total. The van der Waals surface area contributed by atoms with Crippen molar-refractivity contribution in [2.24, 2.45) is 0 Å². The molecule has 0 aliphatic carbocycles. The highest BCUT2D eigenvalue weighted by Gasteiger charge is 2.13. The Morgan fingerprint density at radius 1 is 1.05 bits per heavy atom. The van der Waals surface area contributed by atoms with Crippen LogP contribution in [0.25, 0.3) is 0 Å². The van der Waals surface area contributed by atoms with Crippen LogP contribution in [0.15, 0.2) is 42.5 Å². The summed E-state index contributed by atoms with van der Waals surface area (Å²) in [7, 11) is 0. The van der Waals surface area contributed by atoms with Gasteiger partial charge in [-0.25, -0.2) is 0 Å². The van der Waals surface area contributed by atoms with Gasteiger partial charge < -0.3 is 10.6 Å². The van der Waals surface area contributed by atoms with Gasteiger partial charge in [0.05, 0.1) is 16.2 Å². The molecule has 0 saturated heterocycles. The minimum atomic E-state index is -0.404. The van der Waals surface area contributed by atoms with Gasteiger partial charge in [-0.2, -0.15) is 0 Å². The third-order valence-corrected chi connectivity index (χ3v) is 3.35. The number of nitrogens with one attached hydrogen (secondary N) is 2. The monoisotopic (exact) mass is 301 g/mol. The van der Waals surface area contributed by atoms with E-state index in [9.17, 15) is 10.1 Å². The molecule has 6 heteroatoms. The normalized spacial score (nSPS) is 10.0. The molecule has 0 atom stereocenters. The van der Waals surface area contributed by atoms with Crippen molar-refractivity contribution in [2.75, 3.05) is 10.6 Å². The highest BCUT2D eigenvalue weighted by atomic mass is 32.1. The van der Waals surface area contributed by atoms with Gasteiger partial charge in [0, 0.05) is 11.8 Å². The zero-order chi connectivity index (χ0) is 15.4. The van der Waals surface area contributed by atoms with Crippen molar-refractivity contribution >= 4 is 34.4 Å². The molecule has 0 amide bonds. The SMILES string of the molecule is Cc1ccccc1NC(=S)Nc1cccc([N+](=O)[O-])c1C. The van der Waals surface area contributed by atoms with E-state index in [1.807, 2.05) is 31.2 Å². The van der Waals surface area contributed by atoms with Gasteiger partial charge in [0.15, 0.2) is 5.11 Å². The van der Waals surface area contributed by atoms with E-state index >= 15 is 0 Å². The number of nitrogens with zero attached hydrogens (tertiary/aromatic N) is 1. The minimum absolute atomic E-state index is 0.0682. The molecule has 0 saturated carbocycles. The van der Waals surface area contributed by atoms with E-state index in [0.717, 1.165) is 11.3 Å². The molecule has 0 bridgehead atoms. The zero-order valence-corrected chi connectivity index (χ0v) is 12.5. The van der Waals surface area contributed by atoms with Crippen LogP contribution in [0.5, 0.6) is 0 Å². The first kappa shape index (κ1) is 14.9.